The molecule has 0 aromatic heterocycles. The summed E-state index contributed by atoms with van der Waals surface area (Å²) in [5.74, 6) is -0.174. The molecular formula is C22H27ClN2O3. The number of nitrogens with one attached hydrogen (secondary N) is 1. The Morgan fingerprint density at radius 2 is 1.64 bits per heavy atom. The number of hydrogen-bond donors (Lipinski definition) is 1. The zero-order chi connectivity index (χ0) is 18.9. The lowest BCUT2D eigenvalue weighted by Gasteiger charge is -2.27. The molecular weight excluding hydrogens is 376 g/mol. The zero-order valence-electron chi connectivity index (χ0n) is 16.0. The molecule has 0 bridgehead atoms. The standard InChI is InChI=1S/C22H26N2O3.ClH/c1-2-26-22(25)19-13-14-20(23-15-19)16-27-24-21(17-9-5-3-6-10-17)18-11-7-4-8-12-18;/h3-12,19-20,23H,2,13-16H2,1H3;1H/t19-,20+;/m1./s1. The van der Waals surface area contributed by atoms with E-state index >= 15 is 0 Å². The van der Waals surface area contributed by atoms with Crippen LogP contribution < -0.4 is 5.32 Å². The fourth-order valence-corrected chi connectivity index (χ4v) is 3.17. The van der Waals surface area contributed by atoms with Gasteiger partial charge in [-0.3, -0.25) is 4.79 Å². The van der Waals surface area contributed by atoms with Crippen molar-refractivity contribution in [2.75, 3.05) is 19.8 Å². The number of esters is 1. The Balaban J connectivity index is 0.00000280. The summed E-state index contributed by atoms with van der Waals surface area (Å²) < 4.78 is 5.10. The normalized spacial score (nSPS) is 18.5. The number of nitrogens with zero attached hydrogens (tertiary/aromatic N) is 1. The molecule has 0 saturated carbocycles. The van der Waals surface area contributed by atoms with E-state index in [9.17, 15) is 4.79 Å². The van der Waals surface area contributed by atoms with Gasteiger partial charge in [-0.05, 0) is 19.8 Å². The van der Waals surface area contributed by atoms with Gasteiger partial charge in [0.15, 0.2) is 0 Å². The number of hydrogen-bond acceptors (Lipinski definition) is 5. The van der Waals surface area contributed by atoms with Crippen molar-refractivity contribution in [1.82, 2.24) is 5.32 Å². The highest BCUT2D eigenvalue weighted by atomic mass is 35.5. The fourth-order valence-electron chi connectivity index (χ4n) is 3.17. The molecule has 0 amide bonds. The molecule has 150 valence electrons. The molecule has 2 aromatic rings. The van der Waals surface area contributed by atoms with E-state index in [0.29, 0.717) is 19.8 Å². The van der Waals surface area contributed by atoms with Crippen LogP contribution in [0.2, 0.25) is 0 Å². The van der Waals surface area contributed by atoms with Gasteiger partial charge in [-0.15, -0.1) is 12.4 Å². The average molecular weight is 403 g/mol. The molecule has 0 spiro atoms. The second-order valence-corrected chi connectivity index (χ2v) is 6.60. The summed E-state index contributed by atoms with van der Waals surface area (Å²) in [6, 6.07) is 20.2. The Kier molecular flexibility index (Phi) is 8.98. The molecule has 28 heavy (non-hydrogen) atoms. The van der Waals surface area contributed by atoms with E-state index < -0.39 is 0 Å². The van der Waals surface area contributed by atoms with Crippen molar-refractivity contribution in [3.63, 3.8) is 0 Å². The van der Waals surface area contributed by atoms with Gasteiger partial charge in [0.05, 0.1) is 12.5 Å². The highest BCUT2D eigenvalue weighted by Gasteiger charge is 2.27. The van der Waals surface area contributed by atoms with Crippen LogP contribution in [0.15, 0.2) is 65.8 Å². The van der Waals surface area contributed by atoms with Crippen LogP contribution in [0.25, 0.3) is 0 Å². The van der Waals surface area contributed by atoms with Crippen LogP contribution in [-0.4, -0.2) is 37.5 Å². The van der Waals surface area contributed by atoms with Gasteiger partial charge in [0.25, 0.3) is 0 Å². The minimum absolute atomic E-state index is 0. The molecule has 1 fully saturated rings. The van der Waals surface area contributed by atoms with E-state index in [2.05, 4.69) is 10.5 Å². The monoisotopic (exact) mass is 402 g/mol. The Hall–Kier alpha value is -2.37. The number of piperidine rings is 1. The minimum atomic E-state index is -0.113. The quantitative estimate of drug-likeness (QED) is 0.434. The summed E-state index contributed by atoms with van der Waals surface area (Å²) in [6.45, 7) is 3.36. The van der Waals surface area contributed by atoms with Gasteiger partial charge in [-0.1, -0.05) is 65.8 Å². The van der Waals surface area contributed by atoms with E-state index in [1.54, 1.807) is 0 Å². The van der Waals surface area contributed by atoms with Crippen molar-refractivity contribution >= 4 is 24.1 Å². The predicted octanol–water partition coefficient (Wildman–Crippen LogP) is 3.81. The van der Waals surface area contributed by atoms with Crippen LogP contribution in [0.1, 0.15) is 30.9 Å². The third-order valence-electron chi connectivity index (χ3n) is 4.66. The fraction of sp³-hybridized carbons (Fsp3) is 0.364. The second kappa shape index (κ2) is 11.5. The number of carbonyl (C=O) groups is 1. The Morgan fingerprint density at radius 1 is 1.04 bits per heavy atom. The van der Waals surface area contributed by atoms with Crippen molar-refractivity contribution in [3.05, 3.63) is 71.8 Å². The van der Waals surface area contributed by atoms with E-state index in [-0.39, 0.29) is 30.3 Å². The number of halogens is 1. The van der Waals surface area contributed by atoms with Crippen molar-refractivity contribution in [2.24, 2.45) is 11.1 Å². The highest BCUT2D eigenvalue weighted by Crippen LogP contribution is 2.17. The second-order valence-electron chi connectivity index (χ2n) is 6.60. The lowest BCUT2D eigenvalue weighted by Crippen LogP contribution is -2.44. The molecule has 6 heteroatoms. The lowest BCUT2D eigenvalue weighted by molar-refractivity contribution is -0.148. The SMILES string of the molecule is CCOC(=O)[C@@H]1CC[C@@H](CON=C(c2ccccc2)c2ccccc2)NC1.Cl. The Morgan fingerprint density at radius 3 is 2.14 bits per heavy atom. The van der Waals surface area contributed by atoms with Crippen LogP contribution in [0.4, 0.5) is 0 Å². The van der Waals surface area contributed by atoms with Gasteiger partial charge in [-0.25, -0.2) is 0 Å². The Labute approximate surface area is 172 Å². The predicted molar refractivity (Wildman–Crippen MR) is 113 cm³/mol. The summed E-state index contributed by atoms with van der Waals surface area (Å²) in [5.41, 5.74) is 2.85. The van der Waals surface area contributed by atoms with E-state index in [1.807, 2.05) is 67.6 Å². The molecule has 0 unspecified atom stereocenters. The summed E-state index contributed by atoms with van der Waals surface area (Å²) in [5, 5.41) is 7.79. The van der Waals surface area contributed by atoms with Crippen LogP contribution in [-0.2, 0) is 14.4 Å². The van der Waals surface area contributed by atoms with Gasteiger partial charge in [0.2, 0.25) is 0 Å². The maximum Gasteiger partial charge on any atom is 0.310 e. The maximum atomic E-state index is 11.8. The van der Waals surface area contributed by atoms with Gasteiger partial charge in [0.1, 0.15) is 12.3 Å². The van der Waals surface area contributed by atoms with Crippen molar-refractivity contribution < 1.29 is 14.4 Å². The molecule has 2 atom stereocenters. The van der Waals surface area contributed by atoms with Crippen LogP contribution in [0.5, 0.6) is 0 Å². The van der Waals surface area contributed by atoms with Gasteiger partial charge >= 0.3 is 5.97 Å². The molecule has 1 N–H and O–H groups in total. The molecule has 3 rings (SSSR count). The first kappa shape index (κ1) is 21.9. The molecule has 1 aliphatic rings. The molecule has 0 aliphatic carbocycles. The van der Waals surface area contributed by atoms with Crippen LogP contribution in [0.3, 0.4) is 0 Å². The first-order valence-electron chi connectivity index (χ1n) is 9.48. The third-order valence-corrected chi connectivity index (χ3v) is 4.66. The number of ether oxygens (including phenoxy) is 1. The summed E-state index contributed by atoms with van der Waals surface area (Å²) in [4.78, 5) is 17.5. The number of benzene rings is 2. The number of oxime groups is 1. The average Bonchev–Trinajstić information content (AvgIpc) is 2.73. The minimum Gasteiger partial charge on any atom is -0.466 e. The molecule has 1 heterocycles. The van der Waals surface area contributed by atoms with Crippen molar-refractivity contribution in [1.29, 1.82) is 0 Å². The summed E-state index contributed by atoms with van der Waals surface area (Å²) in [7, 11) is 0. The van der Waals surface area contributed by atoms with Gasteiger partial charge in [0, 0.05) is 23.7 Å². The van der Waals surface area contributed by atoms with Gasteiger partial charge < -0.3 is 14.9 Å². The number of rotatable bonds is 7. The number of carbonyl (C=O) groups excluding carboxylic acids is 1. The lowest BCUT2D eigenvalue weighted by atomic mass is 9.95. The third kappa shape index (κ3) is 6.08. The van der Waals surface area contributed by atoms with E-state index in [0.717, 1.165) is 29.7 Å². The van der Waals surface area contributed by atoms with Crippen molar-refractivity contribution in [3.8, 4) is 0 Å². The molecule has 2 aromatic carbocycles. The first-order chi connectivity index (χ1) is 13.3. The molecule has 1 saturated heterocycles. The first-order valence-corrected chi connectivity index (χ1v) is 9.48. The van der Waals surface area contributed by atoms with Crippen LogP contribution in [0, 0.1) is 5.92 Å². The van der Waals surface area contributed by atoms with Crippen LogP contribution >= 0.6 is 12.4 Å². The summed E-state index contributed by atoms with van der Waals surface area (Å²) >= 11 is 0. The van der Waals surface area contributed by atoms with Crippen molar-refractivity contribution in [2.45, 2.75) is 25.8 Å². The maximum absolute atomic E-state index is 11.8. The topological polar surface area (TPSA) is 59.9 Å². The molecule has 0 radical (unpaired) electrons. The van der Waals surface area contributed by atoms with E-state index in [4.69, 9.17) is 9.57 Å². The van der Waals surface area contributed by atoms with Gasteiger partial charge in [-0.2, -0.15) is 0 Å². The zero-order valence-corrected chi connectivity index (χ0v) is 16.9. The summed E-state index contributed by atoms with van der Waals surface area (Å²) in [6.07, 6.45) is 1.68. The molecule has 5 nitrogen and oxygen atoms in total. The Bertz CT molecular complexity index is 703. The molecule has 1 aliphatic heterocycles. The van der Waals surface area contributed by atoms with E-state index in [1.165, 1.54) is 0 Å². The smallest absolute Gasteiger partial charge is 0.310 e. The highest BCUT2D eigenvalue weighted by molar-refractivity contribution is 6.12. The largest absolute Gasteiger partial charge is 0.466 e.